The van der Waals surface area contributed by atoms with E-state index in [1.807, 2.05) is 56.0 Å². The van der Waals surface area contributed by atoms with Crippen molar-refractivity contribution in [1.82, 2.24) is 20.4 Å². The molecule has 1 amide bonds. The van der Waals surface area contributed by atoms with Gasteiger partial charge in [-0.05, 0) is 26.3 Å². The van der Waals surface area contributed by atoms with Crippen LogP contribution < -0.4 is 10.6 Å². The fourth-order valence-corrected chi connectivity index (χ4v) is 3.47. The minimum Gasteiger partial charge on any atom is -0.461 e. The summed E-state index contributed by atoms with van der Waals surface area (Å²) in [7, 11) is 0. The van der Waals surface area contributed by atoms with Crippen molar-refractivity contribution < 1.29 is 23.9 Å². The van der Waals surface area contributed by atoms with Crippen LogP contribution in [0.25, 0.3) is 0 Å². The Morgan fingerprint density at radius 1 is 1.00 bits per heavy atom. The number of amides is 1. The molecule has 0 radical (unpaired) electrons. The van der Waals surface area contributed by atoms with E-state index in [4.69, 9.17) is 9.47 Å². The topological polar surface area (TPSA) is 100 Å². The molecule has 1 aliphatic rings. The summed E-state index contributed by atoms with van der Waals surface area (Å²) in [4.78, 5) is 40.5. The first-order valence-corrected chi connectivity index (χ1v) is 11.6. The summed E-state index contributed by atoms with van der Waals surface area (Å²) in [5.41, 5.74) is 0.230. The first kappa shape index (κ1) is 26.8. The lowest BCUT2D eigenvalue weighted by atomic mass is 10.1. The van der Waals surface area contributed by atoms with Crippen LogP contribution in [0.15, 0.2) is 30.3 Å². The summed E-state index contributed by atoms with van der Waals surface area (Å²) in [5.74, 6) is -0.873. The highest BCUT2D eigenvalue weighted by atomic mass is 16.6. The molecule has 1 aromatic carbocycles. The summed E-state index contributed by atoms with van der Waals surface area (Å²) in [5, 5.41) is 6.62. The van der Waals surface area contributed by atoms with E-state index < -0.39 is 23.6 Å². The molecule has 9 heteroatoms. The molecule has 9 nitrogen and oxygen atoms in total. The summed E-state index contributed by atoms with van der Waals surface area (Å²) in [6.45, 7) is 10.5. The smallest absolute Gasteiger partial charge is 0.324 e. The third kappa shape index (κ3) is 10.8. The minimum absolute atomic E-state index is 0.0827. The van der Waals surface area contributed by atoms with Crippen LogP contribution in [0.3, 0.4) is 0 Å². The van der Waals surface area contributed by atoms with Gasteiger partial charge in [-0.15, -0.1) is 0 Å². The molecule has 0 bridgehead atoms. The predicted octanol–water partition coefficient (Wildman–Crippen LogP) is 0.783. The Hall–Kier alpha value is -2.49. The van der Waals surface area contributed by atoms with Gasteiger partial charge in [0.05, 0.1) is 6.42 Å². The van der Waals surface area contributed by atoms with Gasteiger partial charge in [0, 0.05) is 52.4 Å². The van der Waals surface area contributed by atoms with E-state index in [1.165, 1.54) is 0 Å². The van der Waals surface area contributed by atoms with Crippen molar-refractivity contribution in [3.05, 3.63) is 35.9 Å². The van der Waals surface area contributed by atoms with Gasteiger partial charge in [0.15, 0.2) is 0 Å². The standard InChI is InChI=1S/C24H38N4O5/c1-24(2,3)33-23(31)21(17-22(30)32-18-20-7-5-4-6-8-20)28-15-11-25-9-13-27(19-29)14-10-26-12-16-28/h4-8,19,21,25-26H,9-18H2,1-3H3. The quantitative estimate of drug-likeness (QED) is 0.453. The Morgan fingerprint density at radius 2 is 1.58 bits per heavy atom. The number of carbonyl (C=O) groups is 3. The first-order valence-electron chi connectivity index (χ1n) is 11.6. The first-order chi connectivity index (χ1) is 15.8. The summed E-state index contributed by atoms with van der Waals surface area (Å²) in [6, 6.07) is 8.70. The molecule has 1 aliphatic heterocycles. The average Bonchev–Trinajstić information content (AvgIpc) is 2.76. The number of hydrogen-bond acceptors (Lipinski definition) is 8. The zero-order valence-corrected chi connectivity index (χ0v) is 20.0. The second-order valence-electron chi connectivity index (χ2n) is 9.08. The lowest BCUT2D eigenvalue weighted by Gasteiger charge is -2.32. The molecule has 184 valence electrons. The Balaban J connectivity index is 2.05. The van der Waals surface area contributed by atoms with Gasteiger partial charge in [0.2, 0.25) is 6.41 Å². The van der Waals surface area contributed by atoms with Crippen molar-refractivity contribution in [2.24, 2.45) is 0 Å². The van der Waals surface area contributed by atoms with E-state index >= 15 is 0 Å². The van der Waals surface area contributed by atoms with Gasteiger partial charge in [-0.1, -0.05) is 30.3 Å². The molecular weight excluding hydrogens is 424 g/mol. The predicted molar refractivity (Wildman–Crippen MR) is 125 cm³/mol. The highest BCUT2D eigenvalue weighted by molar-refractivity contribution is 5.83. The van der Waals surface area contributed by atoms with Crippen LogP contribution in [-0.2, 0) is 30.5 Å². The van der Waals surface area contributed by atoms with E-state index in [2.05, 4.69) is 10.6 Å². The molecule has 1 unspecified atom stereocenters. The number of hydrogen-bond donors (Lipinski definition) is 2. The lowest BCUT2D eigenvalue weighted by Crippen LogP contribution is -2.51. The van der Waals surface area contributed by atoms with Crippen molar-refractivity contribution in [3.8, 4) is 0 Å². The highest BCUT2D eigenvalue weighted by Gasteiger charge is 2.32. The van der Waals surface area contributed by atoms with Crippen LogP contribution in [-0.4, -0.2) is 92.1 Å². The van der Waals surface area contributed by atoms with Crippen LogP contribution in [0.1, 0.15) is 32.8 Å². The highest BCUT2D eigenvalue weighted by Crippen LogP contribution is 2.15. The van der Waals surface area contributed by atoms with Crippen molar-refractivity contribution in [1.29, 1.82) is 0 Å². The second kappa shape index (κ2) is 13.9. The fourth-order valence-electron chi connectivity index (χ4n) is 3.47. The second-order valence-corrected chi connectivity index (χ2v) is 9.08. The summed E-state index contributed by atoms with van der Waals surface area (Å²) < 4.78 is 11.1. The number of carbonyl (C=O) groups excluding carboxylic acids is 3. The Kier molecular flexibility index (Phi) is 11.3. The lowest BCUT2D eigenvalue weighted by molar-refractivity contribution is -0.165. The molecule has 1 aromatic rings. The van der Waals surface area contributed by atoms with Gasteiger partial charge in [0.25, 0.3) is 0 Å². The van der Waals surface area contributed by atoms with Crippen LogP contribution in [0, 0.1) is 0 Å². The molecule has 2 rings (SSSR count). The fraction of sp³-hybridized carbons (Fsp3) is 0.625. The number of ether oxygens (including phenoxy) is 2. The van der Waals surface area contributed by atoms with Gasteiger partial charge in [-0.25, -0.2) is 0 Å². The molecule has 1 atom stereocenters. The minimum atomic E-state index is -0.745. The van der Waals surface area contributed by atoms with Gasteiger partial charge in [-0.3, -0.25) is 19.3 Å². The van der Waals surface area contributed by atoms with Crippen LogP contribution in [0.5, 0.6) is 0 Å². The van der Waals surface area contributed by atoms with Gasteiger partial charge < -0.3 is 25.0 Å². The molecule has 1 fully saturated rings. The van der Waals surface area contributed by atoms with Crippen molar-refractivity contribution in [2.45, 2.75) is 45.4 Å². The maximum atomic E-state index is 13.1. The van der Waals surface area contributed by atoms with E-state index in [9.17, 15) is 14.4 Å². The van der Waals surface area contributed by atoms with Gasteiger partial charge >= 0.3 is 11.9 Å². The third-order valence-corrected chi connectivity index (χ3v) is 5.17. The molecule has 1 heterocycles. The number of esters is 2. The Morgan fingerprint density at radius 3 is 2.12 bits per heavy atom. The zero-order chi connectivity index (χ0) is 24.1. The molecule has 0 spiro atoms. The number of rotatable bonds is 7. The van der Waals surface area contributed by atoms with Crippen molar-refractivity contribution in [2.75, 3.05) is 52.4 Å². The van der Waals surface area contributed by atoms with E-state index in [0.717, 1.165) is 12.0 Å². The Labute approximate surface area is 196 Å². The molecule has 0 aliphatic carbocycles. The van der Waals surface area contributed by atoms with Crippen LogP contribution in [0.4, 0.5) is 0 Å². The SMILES string of the molecule is CC(C)(C)OC(=O)C(CC(=O)OCc1ccccc1)N1CCNCCN(C=O)CCNCC1. The normalized spacial score (nSPS) is 17.8. The maximum absolute atomic E-state index is 13.1. The molecule has 2 N–H and O–H groups in total. The molecular formula is C24H38N4O5. The van der Waals surface area contributed by atoms with E-state index in [1.54, 1.807) is 4.90 Å². The zero-order valence-electron chi connectivity index (χ0n) is 20.0. The number of nitrogens with zero attached hydrogens (tertiary/aromatic N) is 2. The summed E-state index contributed by atoms with van der Waals surface area (Å²) >= 11 is 0. The van der Waals surface area contributed by atoms with E-state index in [-0.39, 0.29) is 13.0 Å². The number of nitrogens with one attached hydrogen (secondary N) is 2. The number of benzene rings is 1. The molecule has 0 aromatic heterocycles. The summed E-state index contributed by atoms with van der Waals surface area (Å²) in [6.07, 6.45) is 0.779. The molecule has 33 heavy (non-hydrogen) atoms. The third-order valence-electron chi connectivity index (χ3n) is 5.17. The van der Waals surface area contributed by atoms with Gasteiger partial charge in [0.1, 0.15) is 18.2 Å². The van der Waals surface area contributed by atoms with Gasteiger partial charge in [-0.2, -0.15) is 0 Å². The van der Waals surface area contributed by atoms with E-state index in [0.29, 0.717) is 52.4 Å². The average molecular weight is 463 g/mol. The molecule has 0 saturated carbocycles. The Bertz CT molecular complexity index is 724. The molecule has 1 saturated heterocycles. The van der Waals surface area contributed by atoms with Crippen molar-refractivity contribution >= 4 is 18.3 Å². The largest absolute Gasteiger partial charge is 0.461 e. The van der Waals surface area contributed by atoms with Crippen LogP contribution >= 0.6 is 0 Å². The maximum Gasteiger partial charge on any atom is 0.324 e. The van der Waals surface area contributed by atoms with Crippen molar-refractivity contribution in [3.63, 3.8) is 0 Å². The monoisotopic (exact) mass is 462 g/mol. The van der Waals surface area contributed by atoms with Crippen LogP contribution in [0.2, 0.25) is 0 Å².